The van der Waals surface area contributed by atoms with Gasteiger partial charge in [-0.3, -0.25) is 4.79 Å². The summed E-state index contributed by atoms with van der Waals surface area (Å²) in [6.45, 7) is 3.72. The Kier molecular flexibility index (Phi) is 4.55. The third-order valence-electron chi connectivity index (χ3n) is 2.75. The molecule has 0 aromatic carbocycles. The highest BCUT2D eigenvalue weighted by Gasteiger charge is 2.22. The lowest BCUT2D eigenvalue weighted by Gasteiger charge is -2.27. The molecule has 1 rings (SSSR count). The van der Waals surface area contributed by atoms with E-state index in [0.717, 1.165) is 5.76 Å². The molecule has 0 aliphatic heterocycles. The van der Waals surface area contributed by atoms with Crippen molar-refractivity contribution in [1.29, 1.82) is 0 Å². The van der Waals surface area contributed by atoms with Crippen molar-refractivity contribution in [3.63, 3.8) is 0 Å². The van der Waals surface area contributed by atoms with Gasteiger partial charge in [0.1, 0.15) is 5.76 Å². The highest BCUT2D eigenvalue weighted by molar-refractivity contribution is 5.76. The number of rotatable bonds is 6. The van der Waals surface area contributed by atoms with E-state index in [-0.39, 0.29) is 12.5 Å². The molecule has 0 radical (unpaired) electrons. The van der Waals surface area contributed by atoms with Crippen molar-refractivity contribution in [3.05, 3.63) is 24.2 Å². The van der Waals surface area contributed by atoms with Crippen molar-refractivity contribution >= 4 is 5.91 Å². The fourth-order valence-corrected chi connectivity index (χ4v) is 1.33. The number of furan rings is 1. The molecule has 1 aromatic heterocycles. The second-order valence-electron chi connectivity index (χ2n) is 4.20. The van der Waals surface area contributed by atoms with Crippen LogP contribution in [0.3, 0.4) is 0 Å². The second-order valence-corrected chi connectivity index (χ2v) is 4.20. The van der Waals surface area contributed by atoms with Crippen LogP contribution in [-0.4, -0.2) is 23.2 Å². The standard InChI is InChI=1S/C12H19NO3/c1-3-12(2,9-14)13-11(15)7-6-10-5-4-8-16-10/h4-5,8,14H,3,6-7,9H2,1-2H3,(H,13,15). The number of carbonyl (C=O) groups is 1. The summed E-state index contributed by atoms with van der Waals surface area (Å²) in [4.78, 5) is 11.6. The highest BCUT2D eigenvalue weighted by Crippen LogP contribution is 2.09. The molecule has 1 heterocycles. The Hall–Kier alpha value is -1.29. The molecule has 1 atom stereocenters. The number of carbonyl (C=O) groups excluding carboxylic acids is 1. The molecule has 0 aliphatic carbocycles. The molecular weight excluding hydrogens is 206 g/mol. The summed E-state index contributed by atoms with van der Waals surface area (Å²) in [7, 11) is 0. The molecule has 0 fully saturated rings. The van der Waals surface area contributed by atoms with Gasteiger partial charge in [-0.1, -0.05) is 6.92 Å². The normalized spacial score (nSPS) is 14.4. The van der Waals surface area contributed by atoms with E-state index < -0.39 is 5.54 Å². The number of aryl methyl sites for hydroxylation is 1. The quantitative estimate of drug-likeness (QED) is 0.771. The first-order valence-electron chi connectivity index (χ1n) is 5.54. The van der Waals surface area contributed by atoms with Gasteiger partial charge in [-0.15, -0.1) is 0 Å². The Bertz CT molecular complexity index is 315. The highest BCUT2D eigenvalue weighted by atomic mass is 16.3. The molecule has 0 saturated heterocycles. The van der Waals surface area contributed by atoms with Gasteiger partial charge in [0, 0.05) is 12.8 Å². The van der Waals surface area contributed by atoms with Crippen molar-refractivity contribution in [2.24, 2.45) is 0 Å². The van der Waals surface area contributed by atoms with Gasteiger partial charge in [0.15, 0.2) is 0 Å². The van der Waals surface area contributed by atoms with Gasteiger partial charge in [0.05, 0.1) is 18.4 Å². The molecule has 1 amide bonds. The van der Waals surface area contributed by atoms with Gasteiger partial charge in [-0.25, -0.2) is 0 Å². The van der Waals surface area contributed by atoms with E-state index in [1.807, 2.05) is 19.9 Å². The maximum atomic E-state index is 11.6. The fourth-order valence-electron chi connectivity index (χ4n) is 1.33. The fraction of sp³-hybridized carbons (Fsp3) is 0.583. The molecule has 1 aromatic rings. The maximum Gasteiger partial charge on any atom is 0.220 e. The van der Waals surface area contributed by atoms with Crippen LogP contribution in [0, 0.1) is 0 Å². The molecule has 16 heavy (non-hydrogen) atoms. The number of aliphatic hydroxyl groups excluding tert-OH is 1. The van der Waals surface area contributed by atoms with E-state index in [0.29, 0.717) is 19.3 Å². The number of hydrogen-bond donors (Lipinski definition) is 2. The molecular formula is C12H19NO3. The predicted octanol–water partition coefficient (Wildman–Crippen LogP) is 1.49. The summed E-state index contributed by atoms with van der Waals surface area (Å²) < 4.78 is 5.14. The van der Waals surface area contributed by atoms with Crippen molar-refractivity contribution in [2.45, 2.75) is 38.6 Å². The average molecular weight is 225 g/mol. The first kappa shape index (κ1) is 12.8. The average Bonchev–Trinajstić information content (AvgIpc) is 2.79. The molecule has 0 bridgehead atoms. The van der Waals surface area contributed by atoms with Crippen LogP contribution in [0.25, 0.3) is 0 Å². The van der Waals surface area contributed by atoms with E-state index in [9.17, 15) is 4.79 Å². The zero-order valence-electron chi connectivity index (χ0n) is 9.82. The summed E-state index contributed by atoms with van der Waals surface area (Å²) >= 11 is 0. The van der Waals surface area contributed by atoms with Gasteiger partial charge < -0.3 is 14.8 Å². The minimum Gasteiger partial charge on any atom is -0.469 e. The van der Waals surface area contributed by atoms with Crippen LogP contribution < -0.4 is 5.32 Å². The van der Waals surface area contributed by atoms with E-state index in [1.54, 1.807) is 12.3 Å². The van der Waals surface area contributed by atoms with Gasteiger partial charge in [-0.05, 0) is 25.5 Å². The lowest BCUT2D eigenvalue weighted by Crippen LogP contribution is -2.48. The van der Waals surface area contributed by atoms with Gasteiger partial charge in [0.2, 0.25) is 5.91 Å². The van der Waals surface area contributed by atoms with Gasteiger partial charge in [0.25, 0.3) is 0 Å². The van der Waals surface area contributed by atoms with Crippen molar-refractivity contribution < 1.29 is 14.3 Å². The zero-order valence-corrected chi connectivity index (χ0v) is 9.82. The Balaban J connectivity index is 2.36. The smallest absolute Gasteiger partial charge is 0.220 e. The monoisotopic (exact) mass is 225 g/mol. The Morgan fingerprint density at radius 2 is 2.38 bits per heavy atom. The lowest BCUT2D eigenvalue weighted by atomic mass is 10.00. The van der Waals surface area contributed by atoms with Crippen LogP contribution in [-0.2, 0) is 11.2 Å². The third-order valence-corrected chi connectivity index (χ3v) is 2.75. The number of aliphatic hydroxyl groups is 1. The van der Waals surface area contributed by atoms with Crippen molar-refractivity contribution in [3.8, 4) is 0 Å². The van der Waals surface area contributed by atoms with Crippen LogP contribution in [0.5, 0.6) is 0 Å². The third kappa shape index (κ3) is 3.70. The lowest BCUT2D eigenvalue weighted by molar-refractivity contribution is -0.123. The molecule has 0 saturated carbocycles. The van der Waals surface area contributed by atoms with E-state index in [4.69, 9.17) is 9.52 Å². The van der Waals surface area contributed by atoms with Crippen LogP contribution >= 0.6 is 0 Å². The predicted molar refractivity (Wildman–Crippen MR) is 61.0 cm³/mol. The van der Waals surface area contributed by atoms with Crippen molar-refractivity contribution in [2.75, 3.05) is 6.61 Å². The Morgan fingerprint density at radius 3 is 2.88 bits per heavy atom. The first-order valence-corrected chi connectivity index (χ1v) is 5.54. The largest absolute Gasteiger partial charge is 0.469 e. The van der Waals surface area contributed by atoms with Gasteiger partial charge >= 0.3 is 0 Å². The molecule has 4 nitrogen and oxygen atoms in total. The minimum absolute atomic E-state index is 0.0456. The maximum absolute atomic E-state index is 11.6. The van der Waals surface area contributed by atoms with E-state index >= 15 is 0 Å². The second kappa shape index (κ2) is 5.70. The topological polar surface area (TPSA) is 62.5 Å². The molecule has 1 unspecified atom stereocenters. The zero-order chi connectivity index (χ0) is 12.0. The molecule has 0 spiro atoms. The van der Waals surface area contributed by atoms with Crippen LogP contribution in [0.1, 0.15) is 32.4 Å². The van der Waals surface area contributed by atoms with Crippen LogP contribution in [0.4, 0.5) is 0 Å². The van der Waals surface area contributed by atoms with Gasteiger partial charge in [-0.2, -0.15) is 0 Å². The molecule has 90 valence electrons. The molecule has 4 heteroatoms. The summed E-state index contributed by atoms with van der Waals surface area (Å²) in [5.41, 5.74) is -0.514. The summed E-state index contributed by atoms with van der Waals surface area (Å²) in [5.74, 6) is 0.743. The van der Waals surface area contributed by atoms with Crippen LogP contribution in [0.2, 0.25) is 0 Å². The van der Waals surface area contributed by atoms with E-state index in [2.05, 4.69) is 5.32 Å². The number of hydrogen-bond acceptors (Lipinski definition) is 3. The SMILES string of the molecule is CCC(C)(CO)NC(=O)CCc1ccco1. The summed E-state index contributed by atoms with van der Waals surface area (Å²) in [6, 6.07) is 3.65. The number of amides is 1. The Morgan fingerprint density at radius 1 is 1.62 bits per heavy atom. The Labute approximate surface area is 95.7 Å². The number of nitrogens with one attached hydrogen (secondary N) is 1. The summed E-state index contributed by atoms with van der Waals surface area (Å²) in [5, 5.41) is 12.0. The molecule has 0 aliphatic rings. The van der Waals surface area contributed by atoms with E-state index in [1.165, 1.54) is 0 Å². The van der Waals surface area contributed by atoms with Crippen molar-refractivity contribution in [1.82, 2.24) is 5.32 Å². The van der Waals surface area contributed by atoms with Crippen LogP contribution in [0.15, 0.2) is 22.8 Å². The summed E-state index contributed by atoms with van der Waals surface area (Å²) in [6.07, 6.45) is 3.26. The first-order chi connectivity index (χ1) is 7.59. The molecule has 2 N–H and O–H groups in total. The minimum atomic E-state index is -0.514.